The van der Waals surface area contributed by atoms with Crippen molar-refractivity contribution >= 4 is 17.2 Å². The number of hydrogen-bond acceptors (Lipinski definition) is 3. The molecular formula is C13H17F3N2OS. The van der Waals surface area contributed by atoms with Gasteiger partial charge in [-0.1, -0.05) is 25.2 Å². The summed E-state index contributed by atoms with van der Waals surface area (Å²) in [5.41, 5.74) is 6.83. The lowest BCUT2D eigenvalue weighted by molar-refractivity contribution is -0.146. The van der Waals surface area contributed by atoms with Crippen molar-refractivity contribution in [2.45, 2.75) is 19.6 Å². The first-order valence-corrected chi connectivity index (χ1v) is 6.43. The van der Waals surface area contributed by atoms with Crippen molar-refractivity contribution in [1.29, 1.82) is 0 Å². The SMILES string of the molecule is CCN(Cc1ccc(C(N)=S)c(OC)c1)CC(F)(F)F. The minimum absolute atomic E-state index is 0.185. The van der Waals surface area contributed by atoms with E-state index in [1.54, 1.807) is 25.1 Å². The number of rotatable bonds is 6. The van der Waals surface area contributed by atoms with E-state index in [9.17, 15) is 13.2 Å². The van der Waals surface area contributed by atoms with Crippen molar-refractivity contribution in [3.05, 3.63) is 29.3 Å². The number of ether oxygens (including phenoxy) is 1. The summed E-state index contributed by atoms with van der Waals surface area (Å²) in [6.45, 7) is 1.23. The topological polar surface area (TPSA) is 38.5 Å². The first-order valence-electron chi connectivity index (χ1n) is 6.02. The van der Waals surface area contributed by atoms with E-state index >= 15 is 0 Å². The van der Waals surface area contributed by atoms with Gasteiger partial charge in [0.25, 0.3) is 0 Å². The normalized spacial score (nSPS) is 11.7. The van der Waals surface area contributed by atoms with Crippen LogP contribution >= 0.6 is 12.2 Å². The third kappa shape index (κ3) is 4.97. The molecule has 0 amide bonds. The van der Waals surface area contributed by atoms with Gasteiger partial charge in [0, 0.05) is 6.54 Å². The van der Waals surface area contributed by atoms with Gasteiger partial charge in [-0.15, -0.1) is 0 Å². The van der Waals surface area contributed by atoms with E-state index < -0.39 is 12.7 Å². The van der Waals surface area contributed by atoms with Gasteiger partial charge in [-0.3, -0.25) is 4.90 Å². The van der Waals surface area contributed by atoms with Gasteiger partial charge in [-0.2, -0.15) is 13.2 Å². The standard InChI is InChI=1S/C13H17F3N2OS/c1-3-18(8-13(14,15)16)7-9-4-5-10(12(17)20)11(6-9)19-2/h4-6H,3,7-8H2,1-2H3,(H2,17,20). The third-order valence-electron chi connectivity index (χ3n) is 2.79. The van der Waals surface area contributed by atoms with Gasteiger partial charge in [0.2, 0.25) is 0 Å². The van der Waals surface area contributed by atoms with Gasteiger partial charge < -0.3 is 10.5 Å². The monoisotopic (exact) mass is 306 g/mol. The Morgan fingerprint density at radius 2 is 2.05 bits per heavy atom. The first-order chi connectivity index (χ1) is 9.26. The van der Waals surface area contributed by atoms with E-state index in [2.05, 4.69) is 0 Å². The van der Waals surface area contributed by atoms with Gasteiger partial charge in [-0.05, 0) is 24.2 Å². The molecule has 0 aromatic heterocycles. The van der Waals surface area contributed by atoms with Crippen LogP contribution in [0.15, 0.2) is 18.2 Å². The summed E-state index contributed by atoms with van der Waals surface area (Å²) in [6, 6.07) is 5.03. The molecule has 1 aromatic rings. The molecule has 0 atom stereocenters. The van der Waals surface area contributed by atoms with Crippen LogP contribution in [-0.4, -0.2) is 36.3 Å². The van der Waals surface area contributed by atoms with Crippen molar-refractivity contribution in [1.82, 2.24) is 4.90 Å². The second kappa shape index (κ2) is 6.90. The molecule has 0 saturated carbocycles. The van der Waals surface area contributed by atoms with E-state index in [0.717, 1.165) is 0 Å². The van der Waals surface area contributed by atoms with Crippen LogP contribution in [0.5, 0.6) is 5.75 Å². The Bertz CT molecular complexity index is 477. The molecule has 112 valence electrons. The van der Waals surface area contributed by atoms with Crippen LogP contribution in [0, 0.1) is 0 Å². The van der Waals surface area contributed by atoms with E-state index in [-0.39, 0.29) is 11.5 Å². The molecule has 20 heavy (non-hydrogen) atoms. The Hall–Kier alpha value is -1.34. The van der Waals surface area contributed by atoms with Crippen molar-refractivity contribution in [3.8, 4) is 5.75 Å². The highest BCUT2D eigenvalue weighted by Crippen LogP contribution is 2.22. The first kappa shape index (κ1) is 16.7. The molecule has 1 rings (SSSR count). The van der Waals surface area contributed by atoms with Gasteiger partial charge in [-0.25, -0.2) is 0 Å². The van der Waals surface area contributed by atoms with E-state index in [1.165, 1.54) is 12.0 Å². The number of methoxy groups -OCH3 is 1. The lowest BCUT2D eigenvalue weighted by Crippen LogP contribution is -2.33. The number of thiocarbonyl (C=S) groups is 1. The third-order valence-corrected chi connectivity index (χ3v) is 3.01. The Morgan fingerprint density at radius 3 is 2.50 bits per heavy atom. The Balaban J connectivity index is 2.89. The highest BCUT2D eigenvalue weighted by molar-refractivity contribution is 7.80. The average Bonchev–Trinajstić information content (AvgIpc) is 2.35. The molecule has 7 heteroatoms. The van der Waals surface area contributed by atoms with E-state index in [1.807, 2.05) is 0 Å². The van der Waals surface area contributed by atoms with Crippen LogP contribution < -0.4 is 10.5 Å². The molecule has 3 nitrogen and oxygen atoms in total. The Kier molecular flexibility index (Phi) is 5.76. The molecule has 0 aliphatic heterocycles. The Morgan fingerprint density at radius 1 is 1.40 bits per heavy atom. The molecule has 0 bridgehead atoms. The summed E-state index contributed by atoms with van der Waals surface area (Å²) in [4.78, 5) is 1.49. The summed E-state index contributed by atoms with van der Waals surface area (Å²) in [5, 5.41) is 0. The van der Waals surface area contributed by atoms with E-state index in [0.29, 0.717) is 23.4 Å². The van der Waals surface area contributed by atoms with Crippen LogP contribution in [0.25, 0.3) is 0 Å². The number of halogens is 3. The molecule has 0 saturated heterocycles. The van der Waals surface area contributed by atoms with Crippen molar-refractivity contribution in [2.24, 2.45) is 5.73 Å². The molecule has 2 N–H and O–H groups in total. The second-order valence-corrected chi connectivity index (χ2v) is 4.76. The maximum Gasteiger partial charge on any atom is 0.401 e. The minimum Gasteiger partial charge on any atom is -0.496 e. The zero-order valence-electron chi connectivity index (χ0n) is 11.3. The predicted molar refractivity (Wildman–Crippen MR) is 75.9 cm³/mol. The summed E-state index contributed by atoms with van der Waals surface area (Å²) in [7, 11) is 1.47. The van der Waals surface area contributed by atoms with Gasteiger partial charge in [0.05, 0.1) is 19.2 Å². The van der Waals surface area contributed by atoms with Crippen molar-refractivity contribution in [3.63, 3.8) is 0 Å². The lowest BCUT2D eigenvalue weighted by Gasteiger charge is -2.22. The molecule has 0 heterocycles. The van der Waals surface area contributed by atoms with Crippen LogP contribution in [0.2, 0.25) is 0 Å². The highest BCUT2D eigenvalue weighted by atomic mass is 32.1. The van der Waals surface area contributed by atoms with Gasteiger partial charge >= 0.3 is 6.18 Å². The molecule has 0 unspecified atom stereocenters. The van der Waals surface area contributed by atoms with E-state index in [4.69, 9.17) is 22.7 Å². The molecule has 0 radical (unpaired) electrons. The van der Waals surface area contributed by atoms with Crippen LogP contribution in [0.1, 0.15) is 18.1 Å². The highest BCUT2D eigenvalue weighted by Gasteiger charge is 2.30. The fourth-order valence-corrected chi connectivity index (χ4v) is 2.00. The fourth-order valence-electron chi connectivity index (χ4n) is 1.83. The molecular weight excluding hydrogens is 289 g/mol. The maximum absolute atomic E-state index is 12.4. The van der Waals surface area contributed by atoms with Crippen LogP contribution in [0.4, 0.5) is 13.2 Å². The summed E-state index contributed by atoms with van der Waals surface area (Å²) >= 11 is 4.88. The largest absolute Gasteiger partial charge is 0.496 e. The maximum atomic E-state index is 12.4. The molecule has 0 aliphatic rings. The number of hydrogen-bond donors (Lipinski definition) is 1. The number of nitrogens with zero attached hydrogens (tertiary/aromatic N) is 1. The molecule has 0 fully saturated rings. The molecule has 0 spiro atoms. The van der Waals surface area contributed by atoms with Crippen LogP contribution in [0.3, 0.4) is 0 Å². The van der Waals surface area contributed by atoms with Crippen molar-refractivity contribution < 1.29 is 17.9 Å². The fraction of sp³-hybridized carbons (Fsp3) is 0.462. The smallest absolute Gasteiger partial charge is 0.401 e. The lowest BCUT2D eigenvalue weighted by atomic mass is 10.1. The number of benzene rings is 1. The summed E-state index contributed by atoms with van der Waals surface area (Å²) in [5.74, 6) is 0.470. The number of alkyl halides is 3. The van der Waals surface area contributed by atoms with Crippen LogP contribution in [-0.2, 0) is 6.54 Å². The second-order valence-electron chi connectivity index (χ2n) is 4.32. The zero-order chi connectivity index (χ0) is 15.3. The average molecular weight is 306 g/mol. The molecule has 0 aliphatic carbocycles. The summed E-state index contributed by atoms with van der Waals surface area (Å²) in [6.07, 6.45) is -4.21. The Labute approximate surface area is 121 Å². The quantitative estimate of drug-likeness (QED) is 0.820. The van der Waals surface area contributed by atoms with Crippen molar-refractivity contribution in [2.75, 3.05) is 20.2 Å². The zero-order valence-corrected chi connectivity index (χ0v) is 12.1. The van der Waals surface area contributed by atoms with Gasteiger partial charge in [0.15, 0.2) is 0 Å². The molecule has 1 aromatic carbocycles. The predicted octanol–water partition coefficient (Wildman–Crippen LogP) is 2.71. The summed E-state index contributed by atoms with van der Waals surface area (Å²) < 4.78 is 42.4. The minimum atomic E-state index is -4.21. The van der Waals surface area contributed by atoms with Gasteiger partial charge in [0.1, 0.15) is 10.7 Å². The number of nitrogens with two attached hydrogens (primary N) is 1.